The van der Waals surface area contributed by atoms with Gasteiger partial charge in [0, 0.05) is 13.6 Å². The van der Waals surface area contributed by atoms with E-state index in [4.69, 9.17) is 4.74 Å². The van der Waals surface area contributed by atoms with Crippen molar-refractivity contribution in [2.75, 3.05) is 19.5 Å². The zero-order chi connectivity index (χ0) is 18.4. The summed E-state index contributed by atoms with van der Waals surface area (Å²) in [6, 6.07) is 7.36. The van der Waals surface area contributed by atoms with Crippen LogP contribution >= 0.6 is 0 Å². The molecule has 0 bridgehead atoms. The van der Waals surface area contributed by atoms with Gasteiger partial charge in [-0.1, -0.05) is 17.7 Å². The normalized spacial score (nSPS) is 10.1. The molecule has 0 saturated carbocycles. The van der Waals surface area contributed by atoms with E-state index in [2.05, 4.69) is 20.6 Å². The molecule has 132 valence electrons. The Hall–Kier alpha value is -3.09. The van der Waals surface area contributed by atoms with E-state index >= 15 is 0 Å². The Morgan fingerprint density at radius 3 is 2.76 bits per heavy atom. The number of ether oxygens (including phenoxy) is 1. The number of aromatic nitrogens is 2. The van der Waals surface area contributed by atoms with Gasteiger partial charge >= 0.3 is 0 Å². The minimum absolute atomic E-state index is 0.0387. The number of carbonyl (C=O) groups excluding carboxylic acids is 1. The number of rotatable bonds is 6. The van der Waals surface area contributed by atoms with Gasteiger partial charge in [-0.05, 0) is 37.6 Å². The van der Waals surface area contributed by atoms with E-state index in [1.54, 1.807) is 20.2 Å². The minimum Gasteiger partial charge on any atom is -0.497 e. The van der Waals surface area contributed by atoms with Gasteiger partial charge in [0.2, 0.25) is 5.82 Å². The number of methoxy groups -OCH3 is 1. The maximum atomic E-state index is 12.3. The third kappa shape index (κ3) is 4.69. The average molecular weight is 342 g/mol. The molecule has 7 heteroatoms. The Morgan fingerprint density at radius 1 is 1.36 bits per heavy atom. The van der Waals surface area contributed by atoms with Crippen molar-refractivity contribution in [3.8, 4) is 5.75 Å². The number of nitrogens with zero attached hydrogens (tertiary/aromatic N) is 1. The number of anilines is 1. The van der Waals surface area contributed by atoms with Crippen LogP contribution in [-0.4, -0.2) is 30.0 Å². The molecule has 2 rings (SSSR count). The van der Waals surface area contributed by atoms with E-state index < -0.39 is 5.91 Å². The standard InChI is InChI=1S/C18H22N4O3/c1-11(2)8-14-15(19-3)21-16(22-17(14)23)18(24)20-10-12-6-5-7-13(9-12)25-4/h5-9H,10H2,1-4H3,(H,20,24)(H2,19,21,22,23). The third-order valence-corrected chi connectivity index (χ3v) is 3.43. The number of nitrogens with one attached hydrogen (secondary N) is 3. The molecule has 25 heavy (non-hydrogen) atoms. The van der Waals surface area contributed by atoms with E-state index in [9.17, 15) is 9.59 Å². The van der Waals surface area contributed by atoms with Crippen molar-refractivity contribution >= 4 is 17.8 Å². The van der Waals surface area contributed by atoms with Gasteiger partial charge in [-0.25, -0.2) is 4.98 Å². The van der Waals surface area contributed by atoms with Gasteiger partial charge in [-0.3, -0.25) is 9.59 Å². The van der Waals surface area contributed by atoms with Crippen molar-refractivity contribution in [3.63, 3.8) is 0 Å². The summed E-state index contributed by atoms with van der Waals surface area (Å²) in [7, 11) is 3.24. The van der Waals surface area contributed by atoms with Crippen molar-refractivity contribution in [1.82, 2.24) is 15.3 Å². The van der Waals surface area contributed by atoms with Crippen LogP contribution in [0.25, 0.3) is 6.08 Å². The quantitative estimate of drug-likeness (QED) is 0.748. The molecule has 1 aromatic carbocycles. The lowest BCUT2D eigenvalue weighted by Gasteiger charge is -2.09. The number of hydrogen-bond donors (Lipinski definition) is 3. The molecule has 1 amide bonds. The molecule has 1 aromatic heterocycles. The highest BCUT2D eigenvalue weighted by molar-refractivity contribution is 5.91. The summed E-state index contributed by atoms with van der Waals surface area (Å²) in [5, 5.41) is 5.59. The van der Waals surface area contributed by atoms with Gasteiger partial charge in [0.1, 0.15) is 11.6 Å². The second-order valence-corrected chi connectivity index (χ2v) is 5.68. The summed E-state index contributed by atoms with van der Waals surface area (Å²) in [5.41, 5.74) is 1.86. The van der Waals surface area contributed by atoms with Crippen LogP contribution in [0.15, 0.2) is 34.6 Å². The fraction of sp³-hybridized carbons (Fsp3) is 0.278. The molecular formula is C18H22N4O3. The molecule has 1 heterocycles. The van der Waals surface area contributed by atoms with Gasteiger partial charge in [0.15, 0.2) is 0 Å². The molecule has 0 radical (unpaired) electrons. The Morgan fingerprint density at radius 2 is 2.12 bits per heavy atom. The van der Waals surface area contributed by atoms with Gasteiger partial charge in [-0.2, -0.15) is 0 Å². The molecule has 0 atom stereocenters. The van der Waals surface area contributed by atoms with E-state index in [0.717, 1.165) is 11.1 Å². The predicted molar refractivity (Wildman–Crippen MR) is 97.9 cm³/mol. The molecule has 3 N–H and O–H groups in total. The van der Waals surface area contributed by atoms with Crippen LogP contribution in [0.5, 0.6) is 5.75 Å². The predicted octanol–water partition coefficient (Wildman–Crippen LogP) is 2.17. The summed E-state index contributed by atoms with van der Waals surface area (Å²) in [4.78, 5) is 31.3. The lowest BCUT2D eigenvalue weighted by molar-refractivity contribution is 0.0940. The fourth-order valence-corrected chi connectivity index (χ4v) is 2.25. The molecule has 0 saturated heterocycles. The largest absolute Gasteiger partial charge is 0.497 e. The number of hydrogen-bond acceptors (Lipinski definition) is 5. The first kappa shape index (κ1) is 18.3. The summed E-state index contributed by atoms with van der Waals surface area (Å²) in [5.74, 6) is 0.571. The fourth-order valence-electron chi connectivity index (χ4n) is 2.25. The van der Waals surface area contributed by atoms with Gasteiger partial charge < -0.3 is 20.4 Å². The molecule has 0 aliphatic heterocycles. The first-order valence-corrected chi connectivity index (χ1v) is 7.82. The number of aromatic amines is 1. The third-order valence-electron chi connectivity index (χ3n) is 3.43. The van der Waals surface area contributed by atoms with Crippen LogP contribution in [-0.2, 0) is 6.54 Å². The lowest BCUT2D eigenvalue weighted by Crippen LogP contribution is -2.29. The Labute approximate surface area is 146 Å². The zero-order valence-electron chi connectivity index (χ0n) is 14.8. The van der Waals surface area contributed by atoms with Crippen LogP contribution in [0.3, 0.4) is 0 Å². The van der Waals surface area contributed by atoms with Crippen LogP contribution in [0.4, 0.5) is 5.82 Å². The number of benzene rings is 1. The van der Waals surface area contributed by atoms with Crippen molar-refractivity contribution in [1.29, 1.82) is 0 Å². The summed E-state index contributed by atoms with van der Waals surface area (Å²) < 4.78 is 5.15. The Balaban J connectivity index is 2.20. The van der Waals surface area contributed by atoms with Crippen LogP contribution in [0, 0.1) is 0 Å². The molecule has 0 unspecified atom stereocenters. The SMILES string of the molecule is CNc1nc(C(=O)NCc2cccc(OC)c2)[nH]c(=O)c1C=C(C)C. The van der Waals surface area contributed by atoms with Crippen LogP contribution < -0.4 is 20.9 Å². The first-order chi connectivity index (χ1) is 11.9. The summed E-state index contributed by atoms with van der Waals surface area (Å²) >= 11 is 0. The van der Waals surface area contributed by atoms with E-state index in [1.165, 1.54) is 0 Å². The maximum absolute atomic E-state index is 12.3. The molecule has 7 nitrogen and oxygen atoms in total. The number of H-pyrrole nitrogens is 1. The highest BCUT2D eigenvalue weighted by Crippen LogP contribution is 2.13. The number of carbonyl (C=O) groups is 1. The topological polar surface area (TPSA) is 96.1 Å². The van der Waals surface area contributed by atoms with Crippen molar-refractivity contribution in [2.45, 2.75) is 20.4 Å². The zero-order valence-corrected chi connectivity index (χ0v) is 14.8. The molecule has 0 aliphatic carbocycles. The Bertz CT molecular complexity index is 852. The van der Waals surface area contributed by atoms with Gasteiger partial charge in [-0.15, -0.1) is 0 Å². The minimum atomic E-state index is -0.458. The second-order valence-electron chi connectivity index (χ2n) is 5.68. The monoisotopic (exact) mass is 342 g/mol. The van der Waals surface area contributed by atoms with E-state index in [-0.39, 0.29) is 11.4 Å². The Kier molecular flexibility index (Phi) is 5.94. The van der Waals surface area contributed by atoms with Crippen molar-refractivity contribution in [3.05, 3.63) is 57.1 Å². The number of amides is 1. The molecule has 0 aliphatic rings. The average Bonchev–Trinajstić information content (AvgIpc) is 2.61. The molecule has 2 aromatic rings. The van der Waals surface area contributed by atoms with Crippen LogP contribution in [0.1, 0.15) is 35.6 Å². The first-order valence-electron chi connectivity index (χ1n) is 7.82. The van der Waals surface area contributed by atoms with Crippen molar-refractivity contribution in [2.24, 2.45) is 0 Å². The van der Waals surface area contributed by atoms with Crippen molar-refractivity contribution < 1.29 is 9.53 Å². The smallest absolute Gasteiger partial charge is 0.287 e. The highest BCUT2D eigenvalue weighted by Gasteiger charge is 2.14. The maximum Gasteiger partial charge on any atom is 0.287 e. The van der Waals surface area contributed by atoms with Crippen LogP contribution in [0.2, 0.25) is 0 Å². The van der Waals surface area contributed by atoms with E-state index in [1.807, 2.05) is 38.1 Å². The summed E-state index contributed by atoms with van der Waals surface area (Å²) in [6.45, 7) is 4.06. The summed E-state index contributed by atoms with van der Waals surface area (Å²) in [6.07, 6.45) is 1.72. The van der Waals surface area contributed by atoms with Gasteiger partial charge in [0.25, 0.3) is 11.5 Å². The lowest BCUT2D eigenvalue weighted by atomic mass is 10.2. The van der Waals surface area contributed by atoms with E-state index in [0.29, 0.717) is 23.7 Å². The highest BCUT2D eigenvalue weighted by atomic mass is 16.5. The number of allylic oxidation sites excluding steroid dienone is 1. The van der Waals surface area contributed by atoms with Gasteiger partial charge in [0.05, 0.1) is 12.7 Å². The molecule has 0 fully saturated rings. The molecular weight excluding hydrogens is 320 g/mol. The molecule has 0 spiro atoms. The second kappa shape index (κ2) is 8.14.